The molecule has 3 heteroatoms. The van der Waals surface area contributed by atoms with E-state index in [0.29, 0.717) is 10.5 Å². The van der Waals surface area contributed by atoms with E-state index in [4.69, 9.17) is 18.0 Å². The van der Waals surface area contributed by atoms with E-state index in [1.54, 1.807) is 0 Å². The fourth-order valence-corrected chi connectivity index (χ4v) is 3.18. The van der Waals surface area contributed by atoms with E-state index in [1.807, 2.05) is 0 Å². The molecule has 0 saturated heterocycles. The van der Waals surface area contributed by atoms with E-state index in [0.717, 1.165) is 6.54 Å². The molecule has 16 heavy (non-hydrogen) atoms. The van der Waals surface area contributed by atoms with Crippen LogP contribution in [0.15, 0.2) is 24.3 Å². The third kappa shape index (κ3) is 1.42. The Kier molecular flexibility index (Phi) is 2.18. The van der Waals surface area contributed by atoms with E-state index >= 15 is 0 Å². The number of nitrogens with zero attached hydrogens (tertiary/aromatic N) is 1. The number of para-hydroxylation sites is 1. The van der Waals surface area contributed by atoms with Crippen molar-refractivity contribution < 1.29 is 0 Å². The fourth-order valence-electron chi connectivity index (χ4n) is 3.01. The Balaban J connectivity index is 2.03. The Morgan fingerprint density at radius 2 is 2.06 bits per heavy atom. The summed E-state index contributed by atoms with van der Waals surface area (Å²) in [4.78, 5) is 2.12. The first-order chi connectivity index (χ1) is 7.70. The second-order valence-electron chi connectivity index (χ2n) is 5.08. The maximum absolute atomic E-state index is 5.84. The van der Waals surface area contributed by atoms with Gasteiger partial charge in [0.25, 0.3) is 0 Å². The molecule has 1 aliphatic heterocycles. The molecule has 0 unspecified atom stereocenters. The van der Waals surface area contributed by atoms with Crippen molar-refractivity contribution in [2.75, 3.05) is 11.4 Å². The monoisotopic (exact) mass is 232 g/mol. The molecule has 1 aliphatic carbocycles. The molecular weight excluding hydrogens is 216 g/mol. The molecule has 1 aromatic rings. The van der Waals surface area contributed by atoms with E-state index in [9.17, 15) is 0 Å². The molecule has 1 heterocycles. The van der Waals surface area contributed by atoms with Crippen LogP contribution in [0.25, 0.3) is 0 Å². The largest absolute Gasteiger partial charge is 0.376 e. The van der Waals surface area contributed by atoms with Crippen molar-refractivity contribution in [3.8, 4) is 0 Å². The zero-order valence-electron chi connectivity index (χ0n) is 9.28. The Labute approximate surface area is 101 Å². The van der Waals surface area contributed by atoms with Crippen molar-refractivity contribution in [1.82, 2.24) is 0 Å². The summed E-state index contributed by atoms with van der Waals surface area (Å²) in [5, 5.41) is 0.512. The fraction of sp³-hybridized carbons (Fsp3) is 0.462. The summed E-state index contributed by atoms with van der Waals surface area (Å²) in [5.74, 6) is 0. The average molecular weight is 232 g/mol. The van der Waals surface area contributed by atoms with Crippen molar-refractivity contribution in [3.63, 3.8) is 0 Å². The average Bonchev–Trinajstić information content (AvgIpc) is 2.25. The Morgan fingerprint density at radius 3 is 2.69 bits per heavy atom. The lowest BCUT2D eigenvalue weighted by molar-refractivity contribution is 0.140. The van der Waals surface area contributed by atoms with Crippen molar-refractivity contribution in [1.29, 1.82) is 0 Å². The predicted molar refractivity (Wildman–Crippen MR) is 70.6 cm³/mol. The zero-order chi connectivity index (χ0) is 11.2. The van der Waals surface area contributed by atoms with Crippen LogP contribution in [0.5, 0.6) is 0 Å². The standard InChI is InChI=1S/C13H16N2S/c14-12(16)15-9-13(6-3-7-13)8-10-4-1-2-5-11(10)15/h1-2,4-5H,3,6-9H2,(H2,14,16). The number of thiocarbonyl (C=S) groups is 1. The summed E-state index contributed by atoms with van der Waals surface area (Å²) in [6.07, 6.45) is 5.19. The molecular formula is C13H16N2S. The first-order valence-corrected chi connectivity index (χ1v) is 6.26. The van der Waals surface area contributed by atoms with Gasteiger partial charge in [0.15, 0.2) is 5.11 Å². The van der Waals surface area contributed by atoms with Gasteiger partial charge in [0.05, 0.1) is 0 Å². The molecule has 1 spiro atoms. The van der Waals surface area contributed by atoms with Crippen LogP contribution in [0.3, 0.4) is 0 Å². The van der Waals surface area contributed by atoms with Gasteiger partial charge in [0.1, 0.15) is 0 Å². The first-order valence-electron chi connectivity index (χ1n) is 5.85. The summed E-state index contributed by atoms with van der Waals surface area (Å²) in [6.45, 7) is 1.01. The van der Waals surface area contributed by atoms with Gasteiger partial charge in [-0.3, -0.25) is 0 Å². The Bertz CT molecular complexity index is 437. The molecule has 2 nitrogen and oxygen atoms in total. The van der Waals surface area contributed by atoms with Crippen LogP contribution < -0.4 is 10.6 Å². The molecule has 0 radical (unpaired) electrons. The van der Waals surface area contributed by atoms with Gasteiger partial charge in [-0.25, -0.2) is 0 Å². The minimum absolute atomic E-state index is 0.456. The minimum Gasteiger partial charge on any atom is -0.376 e. The van der Waals surface area contributed by atoms with Crippen molar-refractivity contribution in [2.45, 2.75) is 25.7 Å². The van der Waals surface area contributed by atoms with Gasteiger partial charge in [-0.15, -0.1) is 0 Å². The summed E-state index contributed by atoms with van der Waals surface area (Å²) in [5.41, 5.74) is 8.91. The van der Waals surface area contributed by atoms with Gasteiger partial charge in [-0.2, -0.15) is 0 Å². The summed E-state index contributed by atoms with van der Waals surface area (Å²) >= 11 is 5.17. The maximum atomic E-state index is 5.84. The lowest BCUT2D eigenvalue weighted by Gasteiger charge is -2.49. The topological polar surface area (TPSA) is 29.3 Å². The van der Waals surface area contributed by atoms with Gasteiger partial charge < -0.3 is 10.6 Å². The molecule has 1 fully saturated rings. The zero-order valence-corrected chi connectivity index (χ0v) is 10.1. The van der Waals surface area contributed by atoms with E-state index in [1.165, 1.54) is 36.9 Å². The van der Waals surface area contributed by atoms with Gasteiger partial charge >= 0.3 is 0 Å². The molecule has 0 amide bonds. The molecule has 2 aliphatic rings. The molecule has 0 atom stereocenters. The number of hydrogen-bond acceptors (Lipinski definition) is 1. The van der Waals surface area contributed by atoms with Gasteiger partial charge in [0, 0.05) is 12.2 Å². The van der Waals surface area contributed by atoms with E-state index in [2.05, 4.69) is 29.2 Å². The highest BCUT2D eigenvalue weighted by molar-refractivity contribution is 7.80. The SMILES string of the molecule is NC(=S)N1CC2(CCC2)Cc2ccccc21. The normalized spacial score (nSPS) is 21.4. The number of hydrogen-bond donors (Lipinski definition) is 1. The highest BCUT2D eigenvalue weighted by Gasteiger charge is 2.42. The molecule has 3 rings (SSSR count). The molecule has 2 N–H and O–H groups in total. The first kappa shape index (κ1) is 10.1. The Hall–Kier alpha value is -1.09. The number of rotatable bonds is 0. The molecule has 0 bridgehead atoms. The maximum Gasteiger partial charge on any atom is 0.170 e. The summed E-state index contributed by atoms with van der Waals surface area (Å²) in [7, 11) is 0. The van der Waals surface area contributed by atoms with Crippen LogP contribution in [0, 0.1) is 5.41 Å². The number of anilines is 1. The lowest BCUT2D eigenvalue weighted by Crippen LogP contribution is -2.51. The number of nitrogens with two attached hydrogens (primary N) is 1. The third-order valence-electron chi connectivity index (χ3n) is 4.02. The van der Waals surface area contributed by atoms with Crippen molar-refractivity contribution >= 4 is 23.0 Å². The van der Waals surface area contributed by atoms with Crippen LogP contribution >= 0.6 is 12.2 Å². The molecule has 0 aromatic heterocycles. The van der Waals surface area contributed by atoms with Crippen LogP contribution in [-0.2, 0) is 6.42 Å². The van der Waals surface area contributed by atoms with Crippen molar-refractivity contribution in [3.05, 3.63) is 29.8 Å². The second kappa shape index (κ2) is 3.45. The van der Waals surface area contributed by atoms with Gasteiger partial charge in [0.2, 0.25) is 0 Å². The van der Waals surface area contributed by atoms with Gasteiger partial charge in [-0.05, 0) is 48.5 Å². The predicted octanol–water partition coefficient (Wildman–Crippen LogP) is 2.46. The molecule has 84 valence electrons. The second-order valence-corrected chi connectivity index (χ2v) is 5.50. The van der Waals surface area contributed by atoms with Gasteiger partial charge in [-0.1, -0.05) is 24.6 Å². The molecule has 1 aromatic carbocycles. The minimum atomic E-state index is 0.456. The highest BCUT2D eigenvalue weighted by atomic mass is 32.1. The van der Waals surface area contributed by atoms with Crippen LogP contribution in [0.4, 0.5) is 5.69 Å². The number of benzene rings is 1. The van der Waals surface area contributed by atoms with Crippen LogP contribution in [0.1, 0.15) is 24.8 Å². The van der Waals surface area contributed by atoms with Crippen molar-refractivity contribution in [2.24, 2.45) is 11.1 Å². The molecule has 1 saturated carbocycles. The van der Waals surface area contributed by atoms with E-state index < -0.39 is 0 Å². The summed E-state index contributed by atoms with van der Waals surface area (Å²) in [6, 6.07) is 8.50. The smallest absolute Gasteiger partial charge is 0.170 e. The third-order valence-corrected chi connectivity index (χ3v) is 4.24. The summed E-state index contributed by atoms with van der Waals surface area (Å²) < 4.78 is 0. The quantitative estimate of drug-likeness (QED) is 0.697. The lowest BCUT2D eigenvalue weighted by atomic mass is 9.63. The Morgan fingerprint density at radius 1 is 1.31 bits per heavy atom. The van der Waals surface area contributed by atoms with Crippen LogP contribution in [-0.4, -0.2) is 11.7 Å². The van der Waals surface area contributed by atoms with E-state index in [-0.39, 0.29) is 0 Å². The highest BCUT2D eigenvalue weighted by Crippen LogP contribution is 2.49. The van der Waals surface area contributed by atoms with Crippen LogP contribution in [0.2, 0.25) is 0 Å². The number of fused-ring (bicyclic) bond motifs is 1.